The largest absolute Gasteiger partial charge is 0.303 e. The van der Waals surface area contributed by atoms with Gasteiger partial charge < -0.3 is 4.79 Å². The fourth-order valence-electron chi connectivity index (χ4n) is 1.68. The summed E-state index contributed by atoms with van der Waals surface area (Å²) in [5.41, 5.74) is -0.169. The van der Waals surface area contributed by atoms with Crippen molar-refractivity contribution in [2.24, 2.45) is 5.41 Å². The Morgan fingerprint density at radius 1 is 1.46 bits per heavy atom. The number of hydrogen-bond acceptors (Lipinski definition) is 2. The maximum atomic E-state index is 10.8. The predicted octanol–water partition coefficient (Wildman–Crippen LogP) is 2.09. The molecule has 2 nitrogen and oxygen atoms in total. The highest BCUT2D eigenvalue weighted by molar-refractivity contribution is 5.58. The molecule has 0 N–H and O–H groups in total. The number of aldehydes is 1. The van der Waals surface area contributed by atoms with Gasteiger partial charge in [0.15, 0.2) is 0 Å². The SMILES string of the molecule is CCCN(CC(C)(C)C=O)C1CC1. The molecule has 0 spiro atoms. The molecule has 0 unspecified atom stereocenters. The van der Waals surface area contributed by atoms with Crippen LogP contribution in [0.3, 0.4) is 0 Å². The predicted molar refractivity (Wildman–Crippen MR) is 54.7 cm³/mol. The minimum absolute atomic E-state index is 0.169. The third-order valence-electron chi connectivity index (χ3n) is 2.50. The molecule has 2 heteroatoms. The number of carbonyl (C=O) groups excluding carboxylic acids is 1. The number of rotatable bonds is 6. The topological polar surface area (TPSA) is 20.3 Å². The van der Waals surface area contributed by atoms with Crippen molar-refractivity contribution >= 4 is 6.29 Å². The van der Waals surface area contributed by atoms with Crippen LogP contribution in [0.4, 0.5) is 0 Å². The molecular formula is C11H21NO. The van der Waals surface area contributed by atoms with Gasteiger partial charge in [0.2, 0.25) is 0 Å². The Kier molecular flexibility index (Phi) is 3.48. The summed E-state index contributed by atoms with van der Waals surface area (Å²) in [4.78, 5) is 13.2. The summed E-state index contributed by atoms with van der Waals surface area (Å²) >= 11 is 0. The smallest absolute Gasteiger partial charge is 0.126 e. The number of hydrogen-bond donors (Lipinski definition) is 0. The van der Waals surface area contributed by atoms with Crippen LogP contribution in [-0.4, -0.2) is 30.3 Å². The van der Waals surface area contributed by atoms with Crippen LogP contribution in [0.5, 0.6) is 0 Å². The van der Waals surface area contributed by atoms with Gasteiger partial charge in [0.05, 0.1) is 0 Å². The lowest BCUT2D eigenvalue weighted by molar-refractivity contribution is -0.115. The highest BCUT2D eigenvalue weighted by Gasteiger charge is 2.32. The molecule has 76 valence electrons. The summed E-state index contributed by atoms with van der Waals surface area (Å²) in [6.45, 7) is 8.30. The van der Waals surface area contributed by atoms with Crippen molar-refractivity contribution in [3.05, 3.63) is 0 Å². The van der Waals surface area contributed by atoms with E-state index >= 15 is 0 Å². The van der Waals surface area contributed by atoms with Gasteiger partial charge in [-0.25, -0.2) is 0 Å². The minimum atomic E-state index is -0.169. The van der Waals surface area contributed by atoms with Crippen molar-refractivity contribution < 1.29 is 4.79 Å². The summed E-state index contributed by atoms with van der Waals surface area (Å²) in [6, 6.07) is 0.777. The van der Waals surface area contributed by atoms with Crippen molar-refractivity contribution in [3.63, 3.8) is 0 Å². The molecule has 0 atom stereocenters. The zero-order valence-corrected chi connectivity index (χ0v) is 9.05. The van der Waals surface area contributed by atoms with E-state index in [1.807, 2.05) is 13.8 Å². The van der Waals surface area contributed by atoms with Gasteiger partial charge in [0.25, 0.3) is 0 Å². The van der Waals surface area contributed by atoms with Crippen molar-refractivity contribution in [3.8, 4) is 0 Å². The normalized spacial score (nSPS) is 17.8. The highest BCUT2D eigenvalue weighted by atomic mass is 16.1. The number of nitrogens with zero attached hydrogens (tertiary/aromatic N) is 1. The molecule has 0 aliphatic heterocycles. The lowest BCUT2D eigenvalue weighted by Crippen LogP contribution is -2.37. The molecule has 0 aromatic rings. The van der Waals surface area contributed by atoms with E-state index in [1.54, 1.807) is 0 Å². The first-order valence-corrected chi connectivity index (χ1v) is 5.29. The van der Waals surface area contributed by atoms with Gasteiger partial charge in [-0.3, -0.25) is 4.90 Å². The standard InChI is InChI=1S/C11H21NO/c1-4-7-12(10-5-6-10)8-11(2,3)9-13/h9-10H,4-8H2,1-3H3. The van der Waals surface area contributed by atoms with Crippen LogP contribution in [0, 0.1) is 5.41 Å². The van der Waals surface area contributed by atoms with E-state index in [9.17, 15) is 4.79 Å². The van der Waals surface area contributed by atoms with Crippen molar-refractivity contribution in [2.75, 3.05) is 13.1 Å². The molecular weight excluding hydrogens is 162 g/mol. The average molecular weight is 183 g/mol. The van der Waals surface area contributed by atoms with Crippen LogP contribution < -0.4 is 0 Å². The Balaban J connectivity index is 2.41. The van der Waals surface area contributed by atoms with Gasteiger partial charge in [-0.05, 0) is 25.8 Å². The van der Waals surface area contributed by atoms with Gasteiger partial charge in [0, 0.05) is 18.0 Å². The second kappa shape index (κ2) is 4.23. The third kappa shape index (κ3) is 3.47. The van der Waals surface area contributed by atoms with Crippen molar-refractivity contribution in [2.45, 2.75) is 46.1 Å². The Hall–Kier alpha value is -0.370. The second-order valence-electron chi connectivity index (χ2n) is 4.81. The Bertz CT molecular complexity index is 173. The summed E-state index contributed by atoms with van der Waals surface area (Å²) in [5, 5.41) is 0. The monoisotopic (exact) mass is 183 g/mol. The zero-order valence-electron chi connectivity index (χ0n) is 9.05. The summed E-state index contributed by atoms with van der Waals surface area (Å²) in [7, 11) is 0. The second-order valence-corrected chi connectivity index (χ2v) is 4.81. The fourth-order valence-corrected chi connectivity index (χ4v) is 1.68. The summed E-state index contributed by atoms with van der Waals surface area (Å²) in [5.74, 6) is 0. The van der Waals surface area contributed by atoms with Gasteiger partial charge in [0.1, 0.15) is 6.29 Å². The average Bonchev–Trinajstić information content (AvgIpc) is 2.86. The van der Waals surface area contributed by atoms with Gasteiger partial charge in [-0.15, -0.1) is 0 Å². The fraction of sp³-hybridized carbons (Fsp3) is 0.909. The lowest BCUT2D eigenvalue weighted by atomic mass is 9.95. The maximum absolute atomic E-state index is 10.8. The molecule has 1 aliphatic carbocycles. The van der Waals surface area contributed by atoms with E-state index in [0.29, 0.717) is 0 Å². The summed E-state index contributed by atoms with van der Waals surface area (Å²) < 4.78 is 0. The van der Waals surface area contributed by atoms with Crippen LogP contribution in [0.25, 0.3) is 0 Å². The molecule has 0 saturated heterocycles. The molecule has 0 aromatic heterocycles. The third-order valence-corrected chi connectivity index (χ3v) is 2.50. The first-order valence-electron chi connectivity index (χ1n) is 5.29. The van der Waals surface area contributed by atoms with E-state index in [-0.39, 0.29) is 5.41 Å². The zero-order chi connectivity index (χ0) is 9.90. The molecule has 0 radical (unpaired) electrons. The van der Waals surface area contributed by atoms with Crippen LogP contribution >= 0.6 is 0 Å². The Labute approximate surface area is 81.3 Å². The molecule has 1 fully saturated rings. The highest BCUT2D eigenvalue weighted by Crippen LogP contribution is 2.29. The van der Waals surface area contributed by atoms with Crippen LogP contribution in [0.15, 0.2) is 0 Å². The first kappa shape index (κ1) is 10.7. The van der Waals surface area contributed by atoms with Crippen molar-refractivity contribution in [1.82, 2.24) is 4.90 Å². The minimum Gasteiger partial charge on any atom is -0.303 e. The Morgan fingerprint density at radius 2 is 2.08 bits per heavy atom. The van der Waals surface area contributed by atoms with Gasteiger partial charge in [-0.1, -0.05) is 20.8 Å². The molecule has 0 heterocycles. The number of carbonyl (C=O) groups is 1. The van der Waals surface area contributed by atoms with Crippen molar-refractivity contribution in [1.29, 1.82) is 0 Å². The quantitative estimate of drug-likeness (QED) is 0.588. The molecule has 0 amide bonds. The van der Waals surface area contributed by atoms with Crippen LogP contribution in [-0.2, 0) is 4.79 Å². The van der Waals surface area contributed by atoms with E-state index in [4.69, 9.17) is 0 Å². The first-order chi connectivity index (χ1) is 6.09. The molecule has 0 aromatic carbocycles. The van der Waals surface area contributed by atoms with Gasteiger partial charge in [-0.2, -0.15) is 0 Å². The molecule has 0 bridgehead atoms. The molecule has 1 aliphatic rings. The molecule has 1 saturated carbocycles. The van der Waals surface area contributed by atoms with Crippen LogP contribution in [0.2, 0.25) is 0 Å². The lowest BCUT2D eigenvalue weighted by Gasteiger charge is -2.28. The van der Waals surface area contributed by atoms with E-state index in [1.165, 1.54) is 19.3 Å². The molecule has 1 rings (SSSR count). The van der Waals surface area contributed by atoms with E-state index < -0.39 is 0 Å². The van der Waals surface area contributed by atoms with Crippen LogP contribution in [0.1, 0.15) is 40.0 Å². The molecule has 13 heavy (non-hydrogen) atoms. The Morgan fingerprint density at radius 3 is 2.46 bits per heavy atom. The van der Waals surface area contributed by atoms with E-state index in [2.05, 4.69) is 11.8 Å². The van der Waals surface area contributed by atoms with E-state index in [0.717, 1.165) is 25.4 Å². The summed E-state index contributed by atoms with van der Waals surface area (Å²) in [6.07, 6.45) is 4.92. The maximum Gasteiger partial charge on any atom is 0.126 e. The van der Waals surface area contributed by atoms with Gasteiger partial charge >= 0.3 is 0 Å².